The van der Waals surface area contributed by atoms with E-state index in [9.17, 15) is 5.11 Å². The van der Waals surface area contributed by atoms with Gasteiger partial charge in [-0.1, -0.05) is 48.0 Å². The molecule has 2 heterocycles. The van der Waals surface area contributed by atoms with Crippen LogP contribution >= 0.6 is 11.8 Å². The van der Waals surface area contributed by atoms with Crippen molar-refractivity contribution >= 4 is 22.6 Å². The van der Waals surface area contributed by atoms with Gasteiger partial charge in [0.1, 0.15) is 5.69 Å². The molecule has 2 aromatic carbocycles. The van der Waals surface area contributed by atoms with E-state index in [1.54, 1.807) is 0 Å². The molecule has 132 valence electrons. The normalized spacial score (nSPS) is 22.6. The highest BCUT2D eigenvalue weighted by atomic mass is 79.9. The molecular formula is C20H23BrN2OS. The number of hydrogen-bond donors (Lipinski definition) is 1. The molecule has 1 unspecified atom stereocenters. The summed E-state index contributed by atoms with van der Waals surface area (Å²) in [6.45, 7) is 5.69. The molecule has 0 fully saturated rings. The van der Waals surface area contributed by atoms with Crippen molar-refractivity contribution in [2.75, 3.05) is 23.7 Å². The molecule has 0 radical (unpaired) electrons. The van der Waals surface area contributed by atoms with Gasteiger partial charge >= 0.3 is 5.17 Å². The van der Waals surface area contributed by atoms with Gasteiger partial charge in [-0.2, -0.15) is 0 Å². The Bertz CT molecular complexity index is 806. The third-order valence-electron chi connectivity index (χ3n) is 4.96. The first-order valence-corrected chi connectivity index (χ1v) is 9.48. The van der Waals surface area contributed by atoms with Crippen LogP contribution in [0.25, 0.3) is 0 Å². The summed E-state index contributed by atoms with van der Waals surface area (Å²) in [4.78, 5) is 2.29. The summed E-state index contributed by atoms with van der Waals surface area (Å²) in [6.07, 6.45) is 1.10. The average Bonchev–Trinajstić information content (AvgIpc) is 2.90. The smallest absolute Gasteiger partial charge is 0.316 e. The summed E-state index contributed by atoms with van der Waals surface area (Å²) in [5.41, 5.74) is 3.66. The summed E-state index contributed by atoms with van der Waals surface area (Å²) in [5, 5.41) is 12.8. The van der Waals surface area contributed by atoms with Gasteiger partial charge in [0.05, 0.1) is 6.54 Å². The van der Waals surface area contributed by atoms with E-state index in [2.05, 4.69) is 71.9 Å². The number of aryl methyl sites for hydroxylation is 2. The zero-order valence-electron chi connectivity index (χ0n) is 14.6. The van der Waals surface area contributed by atoms with Crippen LogP contribution < -0.4 is 21.9 Å². The molecule has 2 aromatic rings. The molecular weight excluding hydrogens is 396 g/mol. The first-order valence-electron chi connectivity index (χ1n) is 8.50. The molecule has 2 aliphatic heterocycles. The van der Waals surface area contributed by atoms with Crippen LogP contribution in [0.15, 0.2) is 48.5 Å². The standard InChI is InChI=1S/C20H23N2OS.BrH/c1-15-8-10-17(11-9-15)20(23)14-21(18-7-4-3-6-16(18)2)19-22(20)12-5-13-24-19;/h3-4,6-11,23H,5,12-14H2,1-2H3;1H/q+1;/p-1. The van der Waals surface area contributed by atoms with E-state index in [1.165, 1.54) is 22.0 Å². The summed E-state index contributed by atoms with van der Waals surface area (Å²) in [5.74, 6) is 1.11. The number of rotatable bonds is 2. The van der Waals surface area contributed by atoms with Gasteiger partial charge in [-0.25, -0.2) is 9.48 Å². The highest BCUT2D eigenvalue weighted by Crippen LogP contribution is 2.38. The predicted octanol–water partition coefficient (Wildman–Crippen LogP) is 0.478. The Morgan fingerprint density at radius 3 is 2.52 bits per heavy atom. The minimum atomic E-state index is -0.960. The van der Waals surface area contributed by atoms with Crippen molar-refractivity contribution < 1.29 is 26.7 Å². The van der Waals surface area contributed by atoms with Gasteiger partial charge in [-0.15, -0.1) is 0 Å². The first-order chi connectivity index (χ1) is 11.6. The molecule has 0 saturated heterocycles. The molecule has 25 heavy (non-hydrogen) atoms. The molecule has 3 nitrogen and oxygen atoms in total. The molecule has 0 aromatic heterocycles. The van der Waals surface area contributed by atoms with Crippen LogP contribution in [0, 0.1) is 13.8 Å². The van der Waals surface area contributed by atoms with E-state index in [4.69, 9.17) is 0 Å². The fourth-order valence-electron chi connectivity index (χ4n) is 3.62. The Morgan fingerprint density at radius 1 is 1.08 bits per heavy atom. The molecule has 5 heteroatoms. The topological polar surface area (TPSA) is 26.5 Å². The number of halogens is 1. The van der Waals surface area contributed by atoms with E-state index in [0.29, 0.717) is 6.54 Å². The highest BCUT2D eigenvalue weighted by Gasteiger charge is 2.53. The van der Waals surface area contributed by atoms with Crippen LogP contribution in [0.1, 0.15) is 23.1 Å². The number of aliphatic hydroxyl groups is 1. The van der Waals surface area contributed by atoms with Gasteiger partial charge in [0.15, 0.2) is 6.54 Å². The van der Waals surface area contributed by atoms with E-state index in [-0.39, 0.29) is 17.0 Å². The number of amidine groups is 1. The third-order valence-corrected chi connectivity index (χ3v) is 6.16. The van der Waals surface area contributed by atoms with Crippen molar-refractivity contribution in [2.45, 2.75) is 26.0 Å². The van der Waals surface area contributed by atoms with Crippen LogP contribution in [0.4, 0.5) is 5.69 Å². The van der Waals surface area contributed by atoms with Crippen LogP contribution in [0.5, 0.6) is 0 Å². The van der Waals surface area contributed by atoms with E-state index < -0.39 is 5.72 Å². The van der Waals surface area contributed by atoms with Crippen LogP contribution in [-0.2, 0) is 5.72 Å². The van der Waals surface area contributed by atoms with Gasteiger partial charge in [0.2, 0.25) is 0 Å². The number of thioether (sulfide) groups is 1. The number of para-hydroxylation sites is 1. The van der Waals surface area contributed by atoms with Gasteiger partial charge in [0.25, 0.3) is 5.72 Å². The summed E-state index contributed by atoms with van der Waals surface area (Å²) in [7, 11) is 0. The van der Waals surface area contributed by atoms with Crippen molar-refractivity contribution in [3.8, 4) is 0 Å². The zero-order chi connectivity index (χ0) is 16.7. The summed E-state index contributed by atoms with van der Waals surface area (Å²) >= 11 is 1.85. The minimum absolute atomic E-state index is 0. The van der Waals surface area contributed by atoms with Crippen LogP contribution in [-0.4, -0.2) is 33.7 Å². The van der Waals surface area contributed by atoms with Crippen molar-refractivity contribution in [2.24, 2.45) is 0 Å². The molecule has 0 spiro atoms. The lowest BCUT2D eigenvalue weighted by atomic mass is 10.0. The van der Waals surface area contributed by atoms with Crippen molar-refractivity contribution in [3.63, 3.8) is 0 Å². The van der Waals surface area contributed by atoms with E-state index >= 15 is 0 Å². The van der Waals surface area contributed by atoms with Gasteiger partial charge < -0.3 is 22.1 Å². The maximum Gasteiger partial charge on any atom is 0.316 e. The fourth-order valence-corrected chi connectivity index (χ4v) is 4.79. The molecule has 4 rings (SSSR count). The van der Waals surface area contributed by atoms with Crippen molar-refractivity contribution in [1.82, 2.24) is 0 Å². The predicted molar refractivity (Wildman–Crippen MR) is 101 cm³/mol. The molecule has 0 bridgehead atoms. The second-order valence-electron chi connectivity index (χ2n) is 6.69. The average molecular weight is 419 g/mol. The number of nitrogens with zero attached hydrogens (tertiary/aromatic N) is 2. The van der Waals surface area contributed by atoms with Gasteiger partial charge in [0, 0.05) is 11.3 Å². The van der Waals surface area contributed by atoms with Crippen LogP contribution in [0.3, 0.4) is 0 Å². The maximum absolute atomic E-state index is 11.6. The second-order valence-corrected chi connectivity index (χ2v) is 7.75. The Kier molecular flexibility index (Phi) is 5.28. The fraction of sp³-hybridized carbons (Fsp3) is 0.350. The Balaban J connectivity index is 0.00000182. The quantitative estimate of drug-likeness (QED) is 0.718. The zero-order valence-corrected chi connectivity index (χ0v) is 17.0. The number of hydrogen-bond acceptors (Lipinski definition) is 3. The lowest BCUT2D eigenvalue weighted by Gasteiger charge is -2.24. The monoisotopic (exact) mass is 418 g/mol. The number of benzene rings is 2. The lowest BCUT2D eigenvalue weighted by Crippen LogP contribution is -3.00. The van der Waals surface area contributed by atoms with E-state index in [1.807, 2.05) is 11.8 Å². The van der Waals surface area contributed by atoms with Crippen molar-refractivity contribution in [3.05, 3.63) is 65.2 Å². The van der Waals surface area contributed by atoms with Gasteiger partial charge in [-0.05, 0) is 43.7 Å². The molecule has 1 N–H and O–H groups in total. The molecule has 0 saturated carbocycles. The number of β-amino-alcohol motifs (C(OH)–C–C–N with tert-alkyl or cyclic N) is 1. The van der Waals surface area contributed by atoms with Crippen LogP contribution in [0.2, 0.25) is 0 Å². The SMILES string of the molecule is Cc1ccc(C2(O)CN(c3ccccc3C)C3=[N+]2CCCS3)cc1.[Br-]. The largest absolute Gasteiger partial charge is 1.00 e. The molecule has 0 aliphatic carbocycles. The minimum Gasteiger partial charge on any atom is -1.00 e. The van der Waals surface area contributed by atoms with Crippen molar-refractivity contribution in [1.29, 1.82) is 0 Å². The molecule has 1 atom stereocenters. The first kappa shape index (κ1) is 18.5. The molecule has 0 amide bonds. The second kappa shape index (κ2) is 7.14. The molecule has 2 aliphatic rings. The van der Waals surface area contributed by atoms with Gasteiger partial charge in [-0.3, -0.25) is 0 Å². The van der Waals surface area contributed by atoms with E-state index in [0.717, 1.165) is 24.3 Å². The number of anilines is 1. The third kappa shape index (κ3) is 3.14. The highest BCUT2D eigenvalue weighted by molar-refractivity contribution is 8.13. The maximum atomic E-state index is 11.6. The Hall–Kier alpha value is -1.30. The Morgan fingerprint density at radius 2 is 1.80 bits per heavy atom. The summed E-state index contributed by atoms with van der Waals surface area (Å²) in [6, 6.07) is 16.7. The lowest BCUT2D eigenvalue weighted by molar-refractivity contribution is -0.656. The Labute approximate surface area is 164 Å². The summed E-state index contributed by atoms with van der Waals surface area (Å²) < 4.78 is 2.19.